The predicted octanol–water partition coefficient (Wildman–Crippen LogP) is 2.95. The van der Waals surface area contributed by atoms with Gasteiger partial charge in [0.2, 0.25) is 5.91 Å². The summed E-state index contributed by atoms with van der Waals surface area (Å²) < 4.78 is 5.61. The molecule has 0 saturated carbocycles. The van der Waals surface area contributed by atoms with Crippen LogP contribution in [0.3, 0.4) is 0 Å². The highest BCUT2D eigenvalue weighted by molar-refractivity contribution is 5.79. The van der Waals surface area contributed by atoms with Gasteiger partial charge in [-0.1, -0.05) is 24.3 Å². The van der Waals surface area contributed by atoms with Gasteiger partial charge in [-0.25, -0.2) is 0 Å². The van der Waals surface area contributed by atoms with Crippen LogP contribution in [0.4, 0.5) is 5.69 Å². The summed E-state index contributed by atoms with van der Waals surface area (Å²) in [5, 5.41) is 13.6. The van der Waals surface area contributed by atoms with E-state index in [0.717, 1.165) is 16.9 Å². The Hall–Kier alpha value is -2.89. The minimum Gasteiger partial charge on any atom is -0.492 e. The lowest BCUT2D eigenvalue weighted by Gasteiger charge is -2.09. The number of carbonyl (C=O) groups is 1. The standard InChI is InChI=1S/C18H20N2O4/c1-13-9-14(2)11-16(10-13)24-8-7-19-18(21)12-15-5-3-4-6-17(15)20(22)23/h3-6,9-11H,7-8,12H2,1-2H3,(H,19,21). The van der Waals surface area contributed by atoms with Crippen LogP contribution in [0.15, 0.2) is 42.5 Å². The molecule has 2 rings (SSSR count). The molecule has 0 heterocycles. The molecule has 0 radical (unpaired) electrons. The molecule has 126 valence electrons. The van der Waals surface area contributed by atoms with Gasteiger partial charge in [0, 0.05) is 11.6 Å². The quantitative estimate of drug-likeness (QED) is 0.481. The Bertz CT molecular complexity index is 723. The topological polar surface area (TPSA) is 81.5 Å². The highest BCUT2D eigenvalue weighted by Crippen LogP contribution is 2.18. The van der Waals surface area contributed by atoms with Crippen molar-refractivity contribution in [3.63, 3.8) is 0 Å². The van der Waals surface area contributed by atoms with Crippen molar-refractivity contribution in [3.05, 3.63) is 69.3 Å². The molecule has 1 N–H and O–H groups in total. The zero-order valence-electron chi connectivity index (χ0n) is 13.7. The number of carbonyl (C=O) groups excluding carboxylic acids is 1. The van der Waals surface area contributed by atoms with Crippen LogP contribution < -0.4 is 10.1 Å². The monoisotopic (exact) mass is 328 g/mol. The van der Waals surface area contributed by atoms with Gasteiger partial charge in [-0.2, -0.15) is 0 Å². The van der Waals surface area contributed by atoms with Crippen LogP contribution >= 0.6 is 0 Å². The Labute approximate surface area is 140 Å². The smallest absolute Gasteiger partial charge is 0.273 e. The largest absolute Gasteiger partial charge is 0.492 e. The van der Waals surface area contributed by atoms with Crippen LogP contribution in [0.5, 0.6) is 5.75 Å². The van der Waals surface area contributed by atoms with Crippen molar-refractivity contribution >= 4 is 11.6 Å². The molecule has 0 aliphatic carbocycles. The molecule has 0 bridgehead atoms. The zero-order valence-corrected chi connectivity index (χ0v) is 13.7. The Morgan fingerprint density at radius 2 is 1.83 bits per heavy atom. The molecule has 0 unspecified atom stereocenters. The van der Waals surface area contributed by atoms with Gasteiger partial charge in [-0.15, -0.1) is 0 Å². The lowest BCUT2D eigenvalue weighted by atomic mass is 10.1. The second kappa shape index (κ2) is 8.10. The number of nitrogens with zero attached hydrogens (tertiary/aromatic N) is 1. The summed E-state index contributed by atoms with van der Waals surface area (Å²) in [6.45, 7) is 4.67. The summed E-state index contributed by atoms with van der Waals surface area (Å²) in [6, 6.07) is 12.2. The molecular weight excluding hydrogens is 308 g/mol. The maximum atomic E-state index is 11.9. The Morgan fingerprint density at radius 1 is 1.17 bits per heavy atom. The van der Waals surface area contributed by atoms with Crippen LogP contribution in [-0.2, 0) is 11.2 Å². The van der Waals surface area contributed by atoms with Crippen LogP contribution in [0.25, 0.3) is 0 Å². The fraction of sp³-hybridized carbons (Fsp3) is 0.278. The van der Waals surface area contributed by atoms with Gasteiger partial charge in [0.05, 0.1) is 17.9 Å². The van der Waals surface area contributed by atoms with Gasteiger partial charge < -0.3 is 10.1 Å². The molecule has 0 atom stereocenters. The van der Waals surface area contributed by atoms with Crippen molar-refractivity contribution in [2.24, 2.45) is 0 Å². The van der Waals surface area contributed by atoms with Crippen molar-refractivity contribution in [2.45, 2.75) is 20.3 Å². The molecule has 0 fully saturated rings. The lowest BCUT2D eigenvalue weighted by molar-refractivity contribution is -0.385. The van der Waals surface area contributed by atoms with Crippen molar-refractivity contribution in [3.8, 4) is 5.75 Å². The molecule has 6 heteroatoms. The fourth-order valence-electron chi connectivity index (χ4n) is 2.45. The molecule has 0 aromatic heterocycles. The van der Waals surface area contributed by atoms with Gasteiger partial charge in [-0.3, -0.25) is 14.9 Å². The first-order valence-corrected chi connectivity index (χ1v) is 7.66. The Kier molecular flexibility index (Phi) is 5.89. The number of hydrogen-bond donors (Lipinski definition) is 1. The summed E-state index contributed by atoms with van der Waals surface area (Å²) in [7, 11) is 0. The average Bonchev–Trinajstić information content (AvgIpc) is 2.51. The van der Waals surface area contributed by atoms with Crippen molar-refractivity contribution in [2.75, 3.05) is 13.2 Å². The first kappa shape index (κ1) is 17.5. The number of nitro groups is 1. The summed E-state index contributed by atoms with van der Waals surface area (Å²) in [5.74, 6) is 0.494. The SMILES string of the molecule is Cc1cc(C)cc(OCCNC(=O)Cc2ccccc2[N+](=O)[O-])c1. The molecule has 1 amide bonds. The zero-order chi connectivity index (χ0) is 17.5. The highest BCUT2D eigenvalue weighted by Gasteiger charge is 2.15. The number of aryl methyl sites for hydroxylation is 2. The van der Waals surface area contributed by atoms with Crippen molar-refractivity contribution in [1.29, 1.82) is 0 Å². The van der Waals surface area contributed by atoms with Gasteiger partial charge in [0.15, 0.2) is 0 Å². The number of para-hydroxylation sites is 1. The van der Waals surface area contributed by atoms with E-state index in [1.165, 1.54) is 6.07 Å². The summed E-state index contributed by atoms with van der Waals surface area (Å²) in [4.78, 5) is 22.4. The van der Waals surface area contributed by atoms with Gasteiger partial charge in [0.1, 0.15) is 12.4 Å². The predicted molar refractivity (Wildman–Crippen MR) is 91.2 cm³/mol. The van der Waals surface area contributed by atoms with Crippen LogP contribution in [0.1, 0.15) is 16.7 Å². The Morgan fingerprint density at radius 3 is 2.50 bits per heavy atom. The van der Waals surface area contributed by atoms with E-state index in [9.17, 15) is 14.9 Å². The number of amides is 1. The number of nitro benzene ring substituents is 1. The molecule has 0 aliphatic heterocycles. The molecule has 0 spiro atoms. The minimum atomic E-state index is -0.480. The maximum absolute atomic E-state index is 11.9. The number of rotatable bonds is 7. The molecule has 2 aromatic rings. The lowest BCUT2D eigenvalue weighted by Crippen LogP contribution is -2.29. The highest BCUT2D eigenvalue weighted by atomic mass is 16.6. The molecule has 24 heavy (non-hydrogen) atoms. The molecule has 2 aromatic carbocycles. The molecule has 0 aliphatic rings. The fourth-order valence-corrected chi connectivity index (χ4v) is 2.45. The first-order chi connectivity index (χ1) is 11.5. The van der Waals surface area contributed by atoms with E-state index >= 15 is 0 Å². The third kappa shape index (κ3) is 5.08. The summed E-state index contributed by atoms with van der Waals surface area (Å²) in [6.07, 6.45) is -0.0271. The summed E-state index contributed by atoms with van der Waals surface area (Å²) in [5.41, 5.74) is 2.59. The summed E-state index contributed by atoms with van der Waals surface area (Å²) >= 11 is 0. The molecular formula is C18H20N2O4. The molecule has 0 saturated heterocycles. The third-order valence-electron chi connectivity index (χ3n) is 3.43. The van der Waals surface area contributed by atoms with Crippen molar-refractivity contribution < 1.29 is 14.5 Å². The number of nitrogens with one attached hydrogen (secondary N) is 1. The van der Waals surface area contributed by atoms with E-state index in [2.05, 4.69) is 11.4 Å². The van der Waals surface area contributed by atoms with Gasteiger partial charge >= 0.3 is 0 Å². The van der Waals surface area contributed by atoms with Gasteiger partial charge in [-0.05, 0) is 37.1 Å². The maximum Gasteiger partial charge on any atom is 0.273 e. The average molecular weight is 328 g/mol. The van der Waals surface area contributed by atoms with E-state index in [1.54, 1.807) is 18.2 Å². The first-order valence-electron chi connectivity index (χ1n) is 7.66. The minimum absolute atomic E-state index is 0.0271. The van der Waals surface area contributed by atoms with E-state index in [0.29, 0.717) is 18.7 Å². The van der Waals surface area contributed by atoms with Crippen LogP contribution in [0, 0.1) is 24.0 Å². The second-order valence-electron chi connectivity index (χ2n) is 5.58. The third-order valence-corrected chi connectivity index (χ3v) is 3.43. The van der Waals surface area contributed by atoms with Crippen LogP contribution in [-0.4, -0.2) is 24.0 Å². The normalized spacial score (nSPS) is 10.2. The van der Waals surface area contributed by atoms with E-state index in [-0.39, 0.29) is 18.0 Å². The Balaban J connectivity index is 1.81. The number of hydrogen-bond acceptors (Lipinski definition) is 4. The van der Waals surface area contributed by atoms with E-state index in [1.807, 2.05) is 26.0 Å². The van der Waals surface area contributed by atoms with Crippen molar-refractivity contribution in [1.82, 2.24) is 5.32 Å². The number of ether oxygens (including phenoxy) is 1. The van der Waals surface area contributed by atoms with Crippen LogP contribution in [0.2, 0.25) is 0 Å². The van der Waals surface area contributed by atoms with E-state index < -0.39 is 4.92 Å². The number of benzene rings is 2. The van der Waals surface area contributed by atoms with Gasteiger partial charge in [0.25, 0.3) is 5.69 Å². The van der Waals surface area contributed by atoms with E-state index in [4.69, 9.17) is 4.74 Å². The second-order valence-corrected chi connectivity index (χ2v) is 5.58. The molecule has 6 nitrogen and oxygen atoms in total.